The standard InChI is InChI=1S/C16H15Cl2NO2/c1-11-2-5-14(6-3-11)19(10-16(20)21)9-12-8-13(17)4-7-15(12)18/h2-8H,9-10H2,1H3,(H,20,21). The summed E-state index contributed by atoms with van der Waals surface area (Å²) in [6.45, 7) is 2.26. The molecule has 2 rings (SSSR count). The zero-order chi connectivity index (χ0) is 15.4. The van der Waals surface area contributed by atoms with Crippen molar-refractivity contribution in [1.29, 1.82) is 0 Å². The zero-order valence-electron chi connectivity index (χ0n) is 11.5. The van der Waals surface area contributed by atoms with E-state index in [1.807, 2.05) is 31.2 Å². The molecule has 0 saturated carbocycles. The summed E-state index contributed by atoms with van der Waals surface area (Å²) in [6.07, 6.45) is 0. The molecule has 110 valence electrons. The zero-order valence-corrected chi connectivity index (χ0v) is 13.0. The van der Waals surface area contributed by atoms with Crippen molar-refractivity contribution in [2.75, 3.05) is 11.4 Å². The number of carboxylic acids is 1. The third-order valence-electron chi connectivity index (χ3n) is 3.09. The maximum Gasteiger partial charge on any atom is 0.323 e. The molecule has 3 nitrogen and oxygen atoms in total. The smallest absolute Gasteiger partial charge is 0.323 e. The normalized spacial score (nSPS) is 10.4. The van der Waals surface area contributed by atoms with Crippen molar-refractivity contribution in [3.8, 4) is 0 Å². The van der Waals surface area contributed by atoms with Crippen molar-refractivity contribution < 1.29 is 9.90 Å². The number of rotatable bonds is 5. The third kappa shape index (κ3) is 4.38. The summed E-state index contributed by atoms with van der Waals surface area (Å²) in [7, 11) is 0. The van der Waals surface area contributed by atoms with Crippen molar-refractivity contribution in [2.24, 2.45) is 0 Å². The van der Waals surface area contributed by atoms with Crippen molar-refractivity contribution in [2.45, 2.75) is 13.5 Å². The lowest BCUT2D eigenvalue weighted by Crippen LogP contribution is -2.29. The van der Waals surface area contributed by atoms with E-state index >= 15 is 0 Å². The first-order valence-electron chi connectivity index (χ1n) is 6.43. The molecule has 0 bridgehead atoms. The van der Waals surface area contributed by atoms with Gasteiger partial charge in [-0.1, -0.05) is 40.9 Å². The van der Waals surface area contributed by atoms with E-state index in [4.69, 9.17) is 28.3 Å². The van der Waals surface area contributed by atoms with E-state index in [1.165, 1.54) is 0 Å². The minimum Gasteiger partial charge on any atom is -0.480 e. The first kappa shape index (κ1) is 15.7. The summed E-state index contributed by atoms with van der Waals surface area (Å²) in [6, 6.07) is 12.9. The highest BCUT2D eigenvalue weighted by Crippen LogP contribution is 2.25. The largest absolute Gasteiger partial charge is 0.480 e. The fourth-order valence-corrected chi connectivity index (χ4v) is 2.40. The third-order valence-corrected chi connectivity index (χ3v) is 3.70. The molecule has 0 atom stereocenters. The molecule has 0 aromatic heterocycles. The van der Waals surface area contributed by atoms with E-state index in [1.54, 1.807) is 23.1 Å². The first-order chi connectivity index (χ1) is 9.95. The van der Waals surface area contributed by atoms with Crippen LogP contribution in [-0.2, 0) is 11.3 Å². The van der Waals surface area contributed by atoms with E-state index in [0.717, 1.165) is 16.8 Å². The number of benzene rings is 2. The number of nitrogens with zero attached hydrogens (tertiary/aromatic N) is 1. The van der Waals surface area contributed by atoms with Gasteiger partial charge in [-0.3, -0.25) is 4.79 Å². The van der Waals surface area contributed by atoms with Gasteiger partial charge in [0.2, 0.25) is 0 Å². The quantitative estimate of drug-likeness (QED) is 0.886. The Balaban J connectivity index is 2.30. The first-order valence-corrected chi connectivity index (χ1v) is 7.18. The number of aryl methyl sites for hydroxylation is 1. The highest BCUT2D eigenvalue weighted by molar-refractivity contribution is 6.33. The molecular formula is C16H15Cl2NO2. The SMILES string of the molecule is Cc1ccc(N(CC(=O)O)Cc2cc(Cl)ccc2Cl)cc1. The topological polar surface area (TPSA) is 40.5 Å². The molecule has 0 fully saturated rings. The molecule has 0 radical (unpaired) electrons. The number of aliphatic carboxylic acids is 1. The molecule has 0 spiro atoms. The van der Waals surface area contributed by atoms with Crippen LogP contribution in [0.4, 0.5) is 5.69 Å². The predicted octanol–water partition coefficient (Wildman–Crippen LogP) is 4.39. The van der Waals surface area contributed by atoms with E-state index in [-0.39, 0.29) is 6.54 Å². The van der Waals surface area contributed by atoms with Gasteiger partial charge in [-0.25, -0.2) is 0 Å². The number of hydrogen-bond donors (Lipinski definition) is 1. The van der Waals surface area contributed by atoms with Crippen molar-refractivity contribution >= 4 is 34.9 Å². The van der Waals surface area contributed by atoms with E-state index in [2.05, 4.69) is 0 Å². The predicted molar refractivity (Wildman–Crippen MR) is 86.3 cm³/mol. The van der Waals surface area contributed by atoms with Crippen molar-refractivity contribution in [3.63, 3.8) is 0 Å². The Kier molecular flexibility index (Phi) is 5.10. The summed E-state index contributed by atoms with van der Waals surface area (Å²) >= 11 is 12.1. The summed E-state index contributed by atoms with van der Waals surface area (Å²) in [5, 5.41) is 10.2. The molecule has 0 aliphatic heterocycles. The van der Waals surface area contributed by atoms with Crippen LogP contribution in [0.25, 0.3) is 0 Å². The highest BCUT2D eigenvalue weighted by Gasteiger charge is 2.13. The monoisotopic (exact) mass is 323 g/mol. The van der Waals surface area contributed by atoms with Crippen LogP contribution >= 0.6 is 23.2 Å². The Hall–Kier alpha value is -1.71. The average Bonchev–Trinajstić information content (AvgIpc) is 2.42. The fourth-order valence-electron chi connectivity index (χ4n) is 2.03. The number of hydrogen-bond acceptors (Lipinski definition) is 2. The van der Waals surface area contributed by atoms with E-state index < -0.39 is 5.97 Å². The van der Waals surface area contributed by atoms with Crippen LogP contribution in [0, 0.1) is 6.92 Å². The van der Waals surface area contributed by atoms with Gasteiger partial charge in [0.05, 0.1) is 0 Å². The minimum atomic E-state index is -0.895. The second kappa shape index (κ2) is 6.83. The lowest BCUT2D eigenvalue weighted by atomic mass is 10.1. The van der Waals surface area contributed by atoms with Crippen LogP contribution in [0.15, 0.2) is 42.5 Å². The van der Waals surface area contributed by atoms with Gasteiger partial charge in [-0.2, -0.15) is 0 Å². The van der Waals surface area contributed by atoms with Crippen LogP contribution < -0.4 is 4.90 Å². The van der Waals surface area contributed by atoms with Gasteiger partial charge in [0.1, 0.15) is 6.54 Å². The highest BCUT2D eigenvalue weighted by atomic mass is 35.5. The Morgan fingerprint density at radius 2 is 1.81 bits per heavy atom. The van der Waals surface area contributed by atoms with Crippen molar-refractivity contribution in [1.82, 2.24) is 0 Å². The van der Waals surface area contributed by atoms with Gasteiger partial charge in [-0.15, -0.1) is 0 Å². The summed E-state index contributed by atoms with van der Waals surface area (Å²) < 4.78 is 0. The molecule has 0 aliphatic carbocycles. The molecule has 0 aliphatic rings. The van der Waals surface area contributed by atoms with Gasteiger partial charge in [0.15, 0.2) is 0 Å². The Morgan fingerprint density at radius 1 is 1.14 bits per heavy atom. The van der Waals surface area contributed by atoms with Crippen LogP contribution in [0.1, 0.15) is 11.1 Å². The molecule has 2 aromatic carbocycles. The van der Waals surface area contributed by atoms with Gasteiger partial charge in [0.25, 0.3) is 0 Å². The van der Waals surface area contributed by atoms with Gasteiger partial charge < -0.3 is 10.0 Å². The average molecular weight is 324 g/mol. The molecule has 0 amide bonds. The van der Waals surface area contributed by atoms with E-state index in [9.17, 15) is 4.79 Å². The van der Waals surface area contributed by atoms with Gasteiger partial charge in [0, 0.05) is 22.3 Å². The number of halogens is 2. The molecular weight excluding hydrogens is 309 g/mol. The summed E-state index contributed by atoms with van der Waals surface area (Å²) in [4.78, 5) is 12.8. The molecule has 1 N–H and O–H groups in total. The van der Waals surface area contributed by atoms with Crippen LogP contribution in [-0.4, -0.2) is 17.6 Å². The molecule has 5 heteroatoms. The van der Waals surface area contributed by atoms with Crippen LogP contribution in [0.2, 0.25) is 10.0 Å². The number of carbonyl (C=O) groups is 1. The molecule has 21 heavy (non-hydrogen) atoms. The second-order valence-corrected chi connectivity index (χ2v) is 5.66. The lowest BCUT2D eigenvalue weighted by Gasteiger charge is -2.23. The van der Waals surface area contributed by atoms with Gasteiger partial charge in [-0.05, 0) is 42.8 Å². The molecule has 2 aromatic rings. The number of carboxylic acid groups (broad SMARTS) is 1. The summed E-state index contributed by atoms with van der Waals surface area (Å²) in [5.74, 6) is -0.895. The maximum atomic E-state index is 11.1. The minimum absolute atomic E-state index is 0.105. The molecule has 0 heterocycles. The van der Waals surface area contributed by atoms with Crippen LogP contribution in [0.3, 0.4) is 0 Å². The lowest BCUT2D eigenvalue weighted by molar-refractivity contribution is -0.135. The Morgan fingerprint density at radius 3 is 2.43 bits per heavy atom. The maximum absolute atomic E-state index is 11.1. The molecule has 0 saturated heterocycles. The summed E-state index contributed by atoms with van der Waals surface area (Å²) in [5.41, 5.74) is 2.75. The number of anilines is 1. The second-order valence-electron chi connectivity index (χ2n) is 4.82. The molecule has 0 unspecified atom stereocenters. The Bertz CT molecular complexity index is 641. The van der Waals surface area contributed by atoms with Crippen molar-refractivity contribution in [3.05, 3.63) is 63.6 Å². The fraction of sp³-hybridized carbons (Fsp3) is 0.188. The Labute approximate surface area is 133 Å². The van der Waals surface area contributed by atoms with Gasteiger partial charge >= 0.3 is 5.97 Å². The van der Waals surface area contributed by atoms with Crippen LogP contribution in [0.5, 0.6) is 0 Å². The van der Waals surface area contributed by atoms with E-state index in [0.29, 0.717) is 16.6 Å².